The molecule has 3 heteroatoms. The van der Waals surface area contributed by atoms with E-state index < -0.39 is 5.92 Å². The summed E-state index contributed by atoms with van der Waals surface area (Å²) in [5.41, 5.74) is 0.579. The van der Waals surface area contributed by atoms with E-state index in [0.29, 0.717) is 24.3 Å². The summed E-state index contributed by atoms with van der Waals surface area (Å²) in [7, 11) is 0. The summed E-state index contributed by atoms with van der Waals surface area (Å²) in [4.78, 5) is 24.8. The summed E-state index contributed by atoms with van der Waals surface area (Å²) in [5.74, 6) is 0.0722. The van der Waals surface area contributed by atoms with Crippen LogP contribution in [-0.4, -0.2) is 18.2 Å². The molecule has 0 aromatic heterocycles. The molecular weight excluding hydrogens is 360 g/mol. The van der Waals surface area contributed by atoms with Gasteiger partial charge in [0.05, 0.1) is 12.5 Å². The molecule has 1 aromatic rings. The molecule has 29 heavy (non-hydrogen) atoms. The van der Waals surface area contributed by atoms with Crippen molar-refractivity contribution in [1.82, 2.24) is 0 Å². The maximum Gasteiger partial charge on any atom is 0.173 e. The van der Waals surface area contributed by atoms with E-state index in [-0.39, 0.29) is 11.6 Å². The molecule has 0 saturated heterocycles. The molecule has 1 unspecified atom stereocenters. The Bertz CT molecular complexity index is 579. The molecule has 0 fully saturated rings. The fourth-order valence-corrected chi connectivity index (χ4v) is 3.82. The minimum absolute atomic E-state index is 0.0279. The Labute approximate surface area is 178 Å². The molecular formula is C26H42O3. The standard InChI is InChI=1S/C26H42O3/c1-4-6-7-8-9-10-11-12-13-14-15-16-20-25(22(3)27)26(28)23-18-17-19-24(21-23)29-5-2/h17-19,21,25H,4-16,20H2,1-3H3. The molecule has 1 rings (SSSR count). The van der Waals surface area contributed by atoms with Gasteiger partial charge in [-0.15, -0.1) is 0 Å². The topological polar surface area (TPSA) is 43.4 Å². The van der Waals surface area contributed by atoms with Gasteiger partial charge in [0.25, 0.3) is 0 Å². The average Bonchev–Trinajstić information content (AvgIpc) is 2.71. The van der Waals surface area contributed by atoms with Crippen LogP contribution in [0.1, 0.15) is 115 Å². The summed E-state index contributed by atoms with van der Waals surface area (Å²) in [6.07, 6.45) is 16.1. The molecule has 0 heterocycles. The molecule has 0 saturated carbocycles. The van der Waals surface area contributed by atoms with Gasteiger partial charge in [-0.05, 0) is 32.4 Å². The zero-order valence-electron chi connectivity index (χ0n) is 19.0. The summed E-state index contributed by atoms with van der Waals surface area (Å²) < 4.78 is 5.48. The first-order valence-electron chi connectivity index (χ1n) is 11.9. The van der Waals surface area contributed by atoms with Crippen molar-refractivity contribution >= 4 is 11.6 Å². The van der Waals surface area contributed by atoms with Gasteiger partial charge >= 0.3 is 0 Å². The highest BCUT2D eigenvalue weighted by molar-refractivity contribution is 6.10. The zero-order chi connectivity index (χ0) is 21.3. The molecule has 0 aliphatic heterocycles. The number of carbonyl (C=O) groups excluding carboxylic acids is 2. The minimum Gasteiger partial charge on any atom is -0.494 e. The van der Waals surface area contributed by atoms with E-state index in [0.717, 1.165) is 12.8 Å². The number of rotatable bonds is 18. The fraction of sp³-hybridized carbons (Fsp3) is 0.692. The number of ether oxygens (including phenoxy) is 1. The number of benzene rings is 1. The van der Waals surface area contributed by atoms with E-state index in [2.05, 4.69) is 6.92 Å². The first-order valence-corrected chi connectivity index (χ1v) is 11.9. The first kappa shape index (κ1) is 25.4. The van der Waals surface area contributed by atoms with Crippen molar-refractivity contribution in [2.75, 3.05) is 6.61 Å². The van der Waals surface area contributed by atoms with Crippen LogP contribution in [0.2, 0.25) is 0 Å². The number of carbonyl (C=O) groups is 2. The van der Waals surface area contributed by atoms with E-state index in [1.165, 1.54) is 71.1 Å². The van der Waals surface area contributed by atoms with Crippen LogP contribution < -0.4 is 4.74 Å². The highest BCUT2D eigenvalue weighted by atomic mass is 16.5. The molecule has 0 radical (unpaired) electrons. The lowest BCUT2D eigenvalue weighted by atomic mass is 9.89. The van der Waals surface area contributed by atoms with E-state index in [1.807, 2.05) is 19.1 Å². The van der Waals surface area contributed by atoms with Gasteiger partial charge in [-0.3, -0.25) is 9.59 Å². The average molecular weight is 403 g/mol. The van der Waals surface area contributed by atoms with Crippen LogP contribution in [0.5, 0.6) is 5.75 Å². The van der Waals surface area contributed by atoms with Gasteiger partial charge in [-0.1, -0.05) is 96.1 Å². The lowest BCUT2D eigenvalue weighted by molar-refractivity contribution is -0.119. The van der Waals surface area contributed by atoms with Crippen molar-refractivity contribution in [3.63, 3.8) is 0 Å². The molecule has 0 aliphatic rings. The SMILES string of the molecule is CCCCCCCCCCCCCCC(C(C)=O)C(=O)c1cccc(OCC)c1. The molecule has 0 aliphatic carbocycles. The van der Waals surface area contributed by atoms with Crippen LogP contribution >= 0.6 is 0 Å². The monoisotopic (exact) mass is 402 g/mol. The number of hydrogen-bond acceptors (Lipinski definition) is 3. The summed E-state index contributed by atoms with van der Waals surface area (Å²) in [6, 6.07) is 7.20. The molecule has 0 N–H and O–H groups in total. The first-order chi connectivity index (χ1) is 14.1. The van der Waals surface area contributed by atoms with Gasteiger partial charge in [-0.2, -0.15) is 0 Å². The van der Waals surface area contributed by atoms with Crippen LogP contribution in [0, 0.1) is 5.92 Å². The molecule has 1 atom stereocenters. The molecule has 1 aromatic carbocycles. The maximum absolute atomic E-state index is 12.8. The molecule has 164 valence electrons. The van der Waals surface area contributed by atoms with Crippen LogP contribution in [0.3, 0.4) is 0 Å². The van der Waals surface area contributed by atoms with Gasteiger partial charge in [-0.25, -0.2) is 0 Å². The highest BCUT2D eigenvalue weighted by Gasteiger charge is 2.24. The Hall–Kier alpha value is -1.64. The maximum atomic E-state index is 12.8. The third-order valence-electron chi connectivity index (χ3n) is 5.58. The van der Waals surface area contributed by atoms with Gasteiger partial charge < -0.3 is 4.74 Å². The van der Waals surface area contributed by atoms with Crippen LogP contribution in [0.15, 0.2) is 24.3 Å². The highest BCUT2D eigenvalue weighted by Crippen LogP contribution is 2.21. The summed E-state index contributed by atoms with van der Waals surface area (Å²) in [6.45, 7) is 6.27. The van der Waals surface area contributed by atoms with Gasteiger partial charge in [0, 0.05) is 5.56 Å². The number of ketones is 2. The third kappa shape index (κ3) is 11.2. The van der Waals surface area contributed by atoms with Crippen LogP contribution in [0.4, 0.5) is 0 Å². The van der Waals surface area contributed by atoms with Crippen molar-refractivity contribution in [3.8, 4) is 5.75 Å². The minimum atomic E-state index is -0.519. The lowest BCUT2D eigenvalue weighted by Crippen LogP contribution is -2.22. The van der Waals surface area contributed by atoms with Crippen molar-refractivity contribution in [2.24, 2.45) is 5.92 Å². The lowest BCUT2D eigenvalue weighted by Gasteiger charge is -2.13. The second kappa shape index (κ2) is 16.2. The van der Waals surface area contributed by atoms with Crippen LogP contribution in [0.25, 0.3) is 0 Å². The Morgan fingerprint density at radius 3 is 1.90 bits per heavy atom. The zero-order valence-corrected chi connectivity index (χ0v) is 19.0. The number of hydrogen-bond donors (Lipinski definition) is 0. The molecule has 0 amide bonds. The van der Waals surface area contributed by atoms with E-state index in [4.69, 9.17) is 4.74 Å². The molecule has 3 nitrogen and oxygen atoms in total. The molecule has 0 spiro atoms. The second-order valence-corrected chi connectivity index (χ2v) is 8.17. The predicted molar refractivity (Wildman–Crippen MR) is 122 cm³/mol. The van der Waals surface area contributed by atoms with Gasteiger partial charge in [0.2, 0.25) is 0 Å². The summed E-state index contributed by atoms with van der Waals surface area (Å²) >= 11 is 0. The fourth-order valence-electron chi connectivity index (χ4n) is 3.82. The smallest absolute Gasteiger partial charge is 0.173 e. The van der Waals surface area contributed by atoms with E-state index >= 15 is 0 Å². The van der Waals surface area contributed by atoms with Crippen molar-refractivity contribution in [1.29, 1.82) is 0 Å². The normalized spacial score (nSPS) is 12.0. The van der Waals surface area contributed by atoms with Crippen molar-refractivity contribution in [2.45, 2.75) is 104 Å². The Balaban J connectivity index is 2.24. The Kier molecular flexibility index (Phi) is 14.2. The largest absolute Gasteiger partial charge is 0.494 e. The van der Waals surface area contributed by atoms with Crippen molar-refractivity contribution < 1.29 is 14.3 Å². The number of Topliss-reactive ketones (excluding diaryl/α,β-unsaturated/α-hetero) is 2. The van der Waals surface area contributed by atoms with Gasteiger partial charge in [0.15, 0.2) is 5.78 Å². The number of unbranched alkanes of at least 4 members (excludes halogenated alkanes) is 11. The van der Waals surface area contributed by atoms with E-state index in [9.17, 15) is 9.59 Å². The summed E-state index contributed by atoms with van der Waals surface area (Å²) in [5, 5.41) is 0. The van der Waals surface area contributed by atoms with Crippen LogP contribution in [-0.2, 0) is 4.79 Å². The predicted octanol–water partition coefficient (Wildman–Crippen LogP) is 7.56. The van der Waals surface area contributed by atoms with E-state index in [1.54, 1.807) is 12.1 Å². The van der Waals surface area contributed by atoms with Crippen molar-refractivity contribution in [3.05, 3.63) is 29.8 Å². The quantitative estimate of drug-likeness (QED) is 0.144. The molecule has 0 bridgehead atoms. The Morgan fingerprint density at radius 2 is 1.38 bits per heavy atom. The van der Waals surface area contributed by atoms with Gasteiger partial charge in [0.1, 0.15) is 11.5 Å². The third-order valence-corrected chi connectivity index (χ3v) is 5.58. The second-order valence-electron chi connectivity index (χ2n) is 8.17. The Morgan fingerprint density at radius 1 is 0.828 bits per heavy atom.